The number of nitrogens with zero attached hydrogens (tertiary/aromatic N) is 2. The minimum Gasteiger partial charge on any atom is -0.326 e. The predicted octanol–water partition coefficient (Wildman–Crippen LogP) is 5.87. The summed E-state index contributed by atoms with van der Waals surface area (Å²) in [5.74, 6) is -0.780. The summed E-state index contributed by atoms with van der Waals surface area (Å²) in [4.78, 5) is 26.2. The molecule has 3 amide bonds. The Hall–Kier alpha value is -4.63. The molecule has 1 heterocycles. The fourth-order valence-corrected chi connectivity index (χ4v) is 4.64. The summed E-state index contributed by atoms with van der Waals surface area (Å²) < 4.78 is 13.2. The van der Waals surface area contributed by atoms with Crippen LogP contribution in [0, 0.1) is 5.82 Å². The molecule has 37 heavy (non-hydrogen) atoms. The van der Waals surface area contributed by atoms with Crippen LogP contribution in [0.2, 0.25) is 0 Å². The average Bonchev–Trinajstić information content (AvgIpc) is 3.38. The molecular formula is C28H22FN5O2S. The molecule has 3 N–H and O–H groups in total. The lowest BCUT2D eigenvalue weighted by Gasteiger charge is -2.19. The first-order valence-corrected chi connectivity index (χ1v) is 12.4. The highest BCUT2D eigenvalue weighted by atomic mass is 32.1. The highest BCUT2D eigenvalue weighted by Crippen LogP contribution is 2.27. The van der Waals surface area contributed by atoms with Gasteiger partial charge in [-0.05, 0) is 41.3 Å². The number of nitrogens with one attached hydrogen (secondary N) is 3. The zero-order valence-corrected chi connectivity index (χ0v) is 20.3. The molecule has 0 bridgehead atoms. The van der Waals surface area contributed by atoms with Crippen LogP contribution in [0.3, 0.4) is 0 Å². The van der Waals surface area contributed by atoms with Gasteiger partial charge >= 0.3 is 6.03 Å². The van der Waals surface area contributed by atoms with Gasteiger partial charge in [0.15, 0.2) is 0 Å². The van der Waals surface area contributed by atoms with Crippen molar-refractivity contribution in [1.82, 2.24) is 15.5 Å². The Morgan fingerprint density at radius 3 is 2.35 bits per heavy atom. The summed E-state index contributed by atoms with van der Waals surface area (Å²) in [7, 11) is 0. The van der Waals surface area contributed by atoms with Crippen molar-refractivity contribution in [3.8, 4) is 10.6 Å². The lowest BCUT2D eigenvalue weighted by Crippen LogP contribution is -2.46. The van der Waals surface area contributed by atoms with Gasteiger partial charge in [0, 0.05) is 17.4 Å². The third-order valence-corrected chi connectivity index (χ3v) is 6.58. The molecular weight excluding hydrogens is 489 g/mol. The van der Waals surface area contributed by atoms with Crippen molar-refractivity contribution in [2.24, 2.45) is 0 Å². The summed E-state index contributed by atoms with van der Waals surface area (Å²) in [6, 6.07) is 27.3. The normalized spacial score (nSPS) is 11.6. The van der Waals surface area contributed by atoms with Crippen LogP contribution in [0.4, 0.5) is 20.0 Å². The molecule has 4 aromatic carbocycles. The third-order valence-electron chi connectivity index (χ3n) is 5.69. The van der Waals surface area contributed by atoms with Crippen LogP contribution in [-0.2, 0) is 11.2 Å². The molecule has 0 aliphatic carbocycles. The summed E-state index contributed by atoms with van der Waals surface area (Å²) in [6.45, 7) is 0. The molecule has 0 aliphatic heterocycles. The van der Waals surface area contributed by atoms with Crippen molar-refractivity contribution in [2.45, 2.75) is 12.5 Å². The van der Waals surface area contributed by atoms with E-state index < -0.39 is 18.0 Å². The summed E-state index contributed by atoms with van der Waals surface area (Å²) >= 11 is 1.16. The van der Waals surface area contributed by atoms with Gasteiger partial charge in [0.2, 0.25) is 11.0 Å². The number of anilines is 2. The van der Waals surface area contributed by atoms with E-state index in [9.17, 15) is 14.0 Å². The molecule has 7 nitrogen and oxygen atoms in total. The SMILES string of the molecule is O=C(Nc1cccc2ccccc12)NC(Cc1ccccc1)C(=O)Nc1nnc(-c2ccc(F)cc2)s1. The zero-order chi connectivity index (χ0) is 25.6. The topological polar surface area (TPSA) is 96.0 Å². The Kier molecular flexibility index (Phi) is 7.14. The van der Waals surface area contributed by atoms with Gasteiger partial charge in [-0.1, -0.05) is 78.1 Å². The van der Waals surface area contributed by atoms with E-state index in [1.54, 1.807) is 12.1 Å². The fourth-order valence-electron chi connectivity index (χ4n) is 3.89. The first kappa shape index (κ1) is 24.1. The first-order valence-electron chi connectivity index (χ1n) is 11.5. The van der Waals surface area contributed by atoms with Gasteiger partial charge in [0.25, 0.3) is 0 Å². The average molecular weight is 512 g/mol. The van der Waals surface area contributed by atoms with Crippen molar-refractivity contribution in [3.05, 3.63) is 108 Å². The van der Waals surface area contributed by atoms with Crippen molar-refractivity contribution in [2.75, 3.05) is 10.6 Å². The predicted molar refractivity (Wildman–Crippen MR) is 144 cm³/mol. The maximum Gasteiger partial charge on any atom is 0.319 e. The number of fused-ring (bicyclic) bond motifs is 1. The smallest absolute Gasteiger partial charge is 0.319 e. The largest absolute Gasteiger partial charge is 0.326 e. The number of amides is 3. The molecule has 0 fully saturated rings. The van der Waals surface area contributed by atoms with Gasteiger partial charge in [-0.25, -0.2) is 9.18 Å². The summed E-state index contributed by atoms with van der Waals surface area (Å²) in [6.07, 6.45) is 0.277. The van der Waals surface area contributed by atoms with E-state index in [0.29, 0.717) is 16.3 Å². The highest BCUT2D eigenvalue weighted by Gasteiger charge is 2.23. The second kappa shape index (κ2) is 11.0. The Morgan fingerprint density at radius 1 is 0.811 bits per heavy atom. The quantitative estimate of drug-likeness (QED) is 0.255. The second-order valence-electron chi connectivity index (χ2n) is 8.28. The first-order chi connectivity index (χ1) is 18.0. The van der Waals surface area contributed by atoms with Crippen LogP contribution in [0.15, 0.2) is 97.1 Å². The van der Waals surface area contributed by atoms with Crippen LogP contribution in [0.5, 0.6) is 0 Å². The maximum absolute atomic E-state index is 13.2. The Morgan fingerprint density at radius 2 is 1.54 bits per heavy atom. The molecule has 9 heteroatoms. The molecule has 0 radical (unpaired) electrons. The maximum atomic E-state index is 13.2. The molecule has 0 saturated carbocycles. The van der Waals surface area contributed by atoms with Crippen LogP contribution < -0.4 is 16.0 Å². The number of benzene rings is 4. The molecule has 184 valence electrons. The molecule has 0 spiro atoms. The number of carbonyl (C=O) groups excluding carboxylic acids is 2. The van der Waals surface area contributed by atoms with Gasteiger partial charge in [-0.15, -0.1) is 10.2 Å². The molecule has 0 aliphatic rings. The van der Waals surface area contributed by atoms with Crippen molar-refractivity contribution < 1.29 is 14.0 Å². The van der Waals surface area contributed by atoms with E-state index in [4.69, 9.17) is 0 Å². The molecule has 5 aromatic rings. The number of halogens is 1. The van der Waals surface area contributed by atoms with Gasteiger partial charge in [0.05, 0.1) is 5.69 Å². The van der Waals surface area contributed by atoms with E-state index >= 15 is 0 Å². The van der Waals surface area contributed by atoms with Gasteiger partial charge in [-0.2, -0.15) is 0 Å². The molecule has 1 unspecified atom stereocenters. The fraction of sp³-hybridized carbons (Fsp3) is 0.0714. The molecule has 5 rings (SSSR count). The van der Waals surface area contributed by atoms with Crippen LogP contribution >= 0.6 is 11.3 Å². The second-order valence-corrected chi connectivity index (χ2v) is 9.25. The lowest BCUT2D eigenvalue weighted by molar-refractivity contribution is -0.117. The highest BCUT2D eigenvalue weighted by molar-refractivity contribution is 7.18. The van der Waals surface area contributed by atoms with E-state index in [2.05, 4.69) is 26.1 Å². The van der Waals surface area contributed by atoms with E-state index in [1.165, 1.54) is 12.1 Å². The van der Waals surface area contributed by atoms with E-state index in [-0.39, 0.29) is 17.4 Å². The van der Waals surface area contributed by atoms with Crippen molar-refractivity contribution >= 4 is 44.9 Å². The van der Waals surface area contributed by atoms with Crippen molar-refractivity contribution in [1.29, 1.82) is 0 Å². The number of hydrogen-bond acceptors (Lipinski definition) is 5. The van der Waals surface area contributed by atoms with Gasteiger partial charge < -0.3 is 10.6 Å². The van der Waals surface area contributed by atoms with E-state index in [1.807, 2.05) is 72.8 Å². The minimum absolute atomic E-state index is 0.277. The van der Waals surface area contributed by atoms with Crippen molar-refractivity contribution in [3.63, 3.8) is 0 Å². The number of rotatable bonds is 7. The minimum atomic E-state index is -0.879. The lowest BCUT2D eigenvalue weighted by atomic mass is 10.1. The zero-order valence-electron chi connectivity index (χ0n) is 19.5. The van der Waals surface area contributed by atoms with Crippen LogP contribution in [0.25, 0.3) is 21.3 Å². The number of hydrogen-bond donors (Lipinski definition) is 3. The van der Waals surface area contributed by atoms with Crippen LogP contribution in [0.1, 0.15) is 5.56 Å². The Bertz CT molecular complexity index is 1530. The van der Waals surface area contributed by atoms with Gasteiger partial charge in [-0.3, -0.25) is 10.1 Å². The monoisotopic (exact) mass is 511 g/mol. The number of urea groups is 1. The third kappa shape index (κ3) is 5.96. The van der Waals surface area contributed by atoms with Crippen LogP contribution in [-0.4, -0.2) is 28.2 Å². The number of aromatic nitrogens is 2. The van der Waals surface area contributed by atoms with Gasteiger partial charge in [0.1, 0.15) is 16.9 Å². The summed E-state index contributed by atoms with van der Waals surface area (Å²) in [5, 5.41) is 19.2. The Labute approximate surface area is 216 Å². The standard InChI is InChI=1S/C28H22FN5O2S/c29-21-15-13-20(14-16-21)26-33-34-28(37-26)32-25(35)24(17-18-7-2-1-3-8-18)31-27(36)30-23-12-6-10-19-9-4-5-11-22(19)23/h1-16,24H,17H2,(H2,30,31,36)(H,32,34,35). The van der Waals surface area contributed by atoms with E-state index in [0.717, 1.165) is 27.7 Å². The Balaban J connectivity index is 1.32. The summed E-state index contributed by atoms with van der Waals surface area (Å²) in [5.41, 5.74) is 2.22. The molecule has 1 atom stereocenters. The number of carbonyl (C=O) groups is 2. The molecule has 0 saturated heterocycles. The molecule has 1 aromatic heterocycles.